The summed E-state index contributed by atoms with van der Waals surface area (Å²) < 4.78 is 39.8. The smallest absolute Gasteiger partial charge is 0.240 e. The van der Waals surface area contributed by atoms with Crippen molar-refractivity contribution in [2.75, 3.05) is 5.73 Å². The number of benzene rings is 2. The van der Waals surface area contributed by atoms with Crippen LogP contribution in [0.2, 0.25) is 0 Å². The maximum Gasteiger partial charge on any atom is 0.240 e. The maximum atomic E-state index is 13.1. The normalized spacial score (nSPS) is 11.5. The third-order valence-corrected chi connectivity index (χ3v) is 4.28. The van der Waals surface area contributed by atoms with Crippen LogP contribution in [-0.4, -0.2) is 8.42 Å². The van der Waals surface area contributed by atoms with Crippen LogP contribution >= 0.6 is 0 Å². The lowest BCUT2D eigenvalue weighted by molar-refractivity contribution is 0.579. The highest BCUT2D eigenvalue weighted by molar-refractivity contribution is 7.89. The Kier molecular flexibility index (Phi) is 4.06. The van der Waals surface area contributed by atoms with Crippen molar-refractivity contribution >= 4 is 15.7 Å². The van der Waals surface area contributed by atoms with E-state index in [4.69, 9.17) is 5.73 Å². The summed E-state index contributed by atoms with van der Waals surface area (Å²) in [5, 5.41) is 0. The van der Waals surface area contributed by atoms with Gasteiger partial charge in [0.25, 0.3) is 0 Å². The lowest BCUT2D eigenvalue weighted by Gasteiger charge is -2.08. The van der Waals surface area contributed by atoms with Crippen molar-refractivity contribution in [2.24, 2.45) is 0 Å². The first-order chi connectivity index (χ1) is 9.38. The summed E-state index contributed by atoms with van der Waals surface area (Å²) in [6, 6.07) is 10.6. The summed E-state index contributed by atoms with van der Waals surface area (Å²) >= 11 is 0. The first-order valence-corrected chi connectivity index (χ1v) is 7.47. The zero-order chi connectivity index (χ0) is 14.8. The Morgan fingerprint density at radius 2 is 1.80 bits per heavy atom. The van der Waals surface area contributed by atoms with E-state index in [0.29, 0.717) is 11.3 Å². The van der Waals surface area contributed by atoms with Gasteiger partial charge >= 0.3 is 0 Å². The van der Waals surface area contributed by atoms with E-state index in [1.54, 1.807) is 24.3 Å². The standard InChI is InChI=1S/C14H15FN2O2S/c1-10-8-13(6-7-14(10)15)20(18,19)17-9-11-2-4-12(16)5-3-11/h2-8,17H,9,16H2,1H3. The fourth-order valence-electron chi connectivity index (χ4n) is 1.68. The number of hydrogen-bond donors (Lipinski definition) is 2. The molecule has 0 heterocycles. The van der Waals surface area contributed by atoms with Gasteiger partial charge in [-0.2, -0.15) is 0 Å². The van der Waals surface area contributed by atoms with E-state index < -0.39 is 15.8 Å². The third-order valence-electron chi connectivity index (χ3n) is 2.89. The Bertz CT molecular complexity index is 712. The molecular formula is C14H15FN2O2S. The fraction of sp³-hybridized carbons (Fsp3) is 0.143. The van der Waals surface area contributed by atoms with Gasteiger partial charge in [-0.1, -0.05) is 12.1 Å². The van der Waals surface area contributed by atoms with Crippen molar-refractivity contribution in [1.82, 2.24) is 4.72 Å². The number of rotatable bonds is 4. The predicted molar refractivity (Wildman–Crippen MR) is 76.0 cm³/mol. The highest BCUT2D eigenvalue weighted by Gasteiger charge is 2.14. The summed E-state index contributed by atoms with van der Waals surface area (Å²) in [5.41, 5.74) is 7.26. The average molecular weight is 294 g/mol. The van der Waals surface area contributed by atoms with Crippen molar-refractivity contribution in [1.29, 1.82) is 0 Å². The molecule has 6 heteroatoms. The molecule has 2 aromatic rings. The molecule has 0 atom stereocenters. The highest BCUT2D eigenvalue weighted by atomic mass is 32.2. The molecule has 0 amide bonds. The SMILES string of the molecule is Cc1cc(S(=O)(=O)NCc2ccc(N)cc2)ccc1F. The van der Waals surface area contributed by atoms with Crippen LogP contribution < -0.4 is 10.5 Å². The molecule has 0 bridgehead atoms. The van der Waals surface area contributed by atoms with Crippen molar-refractivity contribution in [3.8, 4) is 0 Å². The second kappa shape index (κ2) is 5.60. The third kappa shape index (κ3) is 3.34. The lowest BCUT2D eigenvalue weighted by Crippen LogP contribution is -2.23. The summed E-state index contributed by atoms with van der Waals surface area (Å²) in [6.45, 7) is 1.67. The molecule has 4 nitrogen and oxygen atoms in total. The van der Waals surface area contributed by atoms with Gasteiger partial charge in [0.1, 0.15) is 5.82 Å². The molecule has 0 saturated carbocycles. The van der Waals surface area contributed by atoms with Gasteiger partial charge in [-0.15, -0.1) is 0 Å². The Labute approximate surface area is 117 Å². The molecular weight excluding hydrogens is 279 g/mol. The summed E-state index contributed by atoms with van der Waals surface area (Å²) in [4.78, 5) is 0.0480. The molecule has 20 heavy (non-hydrogen) atoms. The average Bonchev–Trinajstić information content (AvgIpc) is 2.41. The van der Waals surface area contributed by atoms with E-state index in [-0.39, 0.29) is 11.4 Å². The molecule has 0 saturated heterocycles. The van der Waals surface area contributed by atoms with Gasteiger partial charge in [-0.3, -0.25) is 0 Å². The first-order valence-electron chi connectivity index (χ1n) is 5.99. The van der Waals surface area contributed by atoms with E-state index in [1.165, 1.54) is 19.1 Å². The van der Waals surface area contributed by atoms with Crippen molar-refractivity contribution in [3.63, 3.8) is 0 Å². The molecule has 3 N–H and O–H groups in total. The van der Waals surface area contributed by atoms with Crippen LogP contribution in [0.4, 0.5) is 10.1 Å². The van der Waals surface area contributed by atoms with E-state index >= 15 is 0 Å². The van der Waals surface area contributed by atoms with Gasteiger partial charge in [0, 0.05) is 12.2 Å². The number of sulfonamides is 1. The van der Waals surface area contributed by atoms with E-state index in [1.807, 2.05) is 0 Å². The predicted octanol–water partition coefficient (Wildman–Crippen LogP) is 2.19. The minimum atomic E-state index is -3.66. The lowest BCUT2D eigenvalue weighted by atomic mass is 10.2. The van der Waals surface area contributed by atoms with Crippen LogP contribution in [0.3, 0.4) is 0 Å². The minimum absolute atomic E-state index is 0.0480. The van der Waals surface area contributed by atoms with Crippen molar-refractivity contribution < 1.29 is 12.8 Å². The van der Waals surface area contributed by atoms with E-state index in [9.17, 15) is 12.8 Å². The number of nitrogen functional groups attached to an aromatic ring is 1. The topological polar surface area (TPSA) is 72.2 Å². The number of nitrogens with one attached hydrogen (secondary N) is 1. The molecule has 2 rings (SSSR count). The second-order valence-electron chi connectivity index (χ2n) is 4.48. The largest absolute Gasteiger partial charge is 0.399 e. The van der Waals surface area contributed by atoms with Crippen molar-refractivity contribution in [3.05, 3.63) is 59.4 Å². The monoisotopic (exact) mass is 294 g/mol. The number of halogens is 1. The Morgan fingerprint density at radius 3 is 2.40 bits per heavy atom. The molecule has 2 aromatic carbocycles. The zero-order valence-corrected chi connectivity index (χ0v) is 11.7. The second-order valence-corrected chi connectivity index (χ2v) is 6.24. The number of hydrogen-bond acceptors (Lipinski definition) is 3. The van der Waals surface area contributed by atoms with Crippen molar-refractivity contribution in [2.45, 2.75) is 18.4 Å². The molecule has 106 valence electrons. The Balaban J connectivity index is 2.14. The molecule has 0 fully saturated rings. The van der Waals surface area contributed by atoms with Gasteiger partial charge in [-0.25, -0.2) is 17.5 Å². The Hall–Kier alpha value is -1.92. The minimum Gasteiger partial charge on any atom is -0.399 e. The highest BCUT2D eigenvalue weighted by Crippen LogP contribution is 2.14. The van der Waals surface area contributed by atoms with Gasteiger partial charge in [0.05, 0.1) is 4.90 Å². The maximum absolute atomic E-state index is 13.1. The van der Waals surface area contributed by atoms with Gasteiger partial charge in [0.2, 0.25) is 10.0 Å². The van der Waals surface area contributed by atoms with Gasteiger partial charge in [-0.05, 0) is 48.4 Å². The first kappa shape index (κ1) is 14.5. The molecule has 0 aromatic heterocycles. The van der Waals surface area contributed by atoms with Crippen LogP contribution in [0.15, 0.2) is 47.4 Å². The molecule has 0 aliphatic carbocycles. The molecule has 0 spiro atoms. The molecule has 0 unspecified atom stereocenters. The van der Waals surface area contributed by atoms with Crippen LogP contribution in [-0.2, 0) is 16.6 Å². The van der Waals surface area contributed by atoms with E-state index in [2.05, 4.69) is 4.72 Å². The van der Waals surface area contributed by atoms with Crippen LogP contribution in [0.5, 0.6) is 0 Å². The van der Waals surface area contributed by atoms with Crippen LogP contribution in [0.25, 0.3) is 0 Å². The number of nitrogens with two attached hydrogens (primary N) is 1. The molecule has 0 aliphatic heterocycles. The van der Waals surface area contributed by atoms with Gasteiger partial charge < -0.3 is 5.73 Å². The zero-order valence-electron chi connectivity index (χ0n) is 10.9. The summed E-state index contributed by atoms with van der Waals surface area (Å²) in [7, 11) is -3.66. The summed E-state index contributed by atoms with van der Waals surface area (Å²) in [6.07, 6.45) is 0. The quantitative estimate of drug-likeness (QED) is 0.849. The Morgan fingerprint density at radius 1 is 1.15 bits per heavy atom. The summed E-state index contributed by atoms with van der Waals surface area (Å²) in [5.74, 6) is -0.428. The number of anilines is 1. The fourth-order valence-corrected chi connectivity index (χ4v) is 2.78. The number of aryl methyl sites for hydroxylation is 1. The van der Waals surface area contributed by atoms with Crippen LogP contribution in [0, 0.1) is 12.7 Å². The van der Waals surface area contributed by atoms with Gasteiger partial charge in [0.15, 0.2) is 0 Å². The molecule has 0 aliphatic rings. The van der Waals surface area contributed by atoms with Crippen LogP contribution in [0.1, 0.15) is 11.1 Å². The van der Waals surface area contributed by atoms with E-state index in [0.717, 1.165) is 11.6 Å². The molecule has 0 radical (unpaired) electrons.